The third-order valence-electron chi connectivity index (χ3n) is 5.88. The fourth-order valence-electron chi connectivity index (χ4n) is 4.11. The van der Waals surface area contributed by atoms with Gasteiger partial charge >= 0.3 is 0 Å². The van der Waals surface area contributed by atoms with Crippen LogP contribution in [0, 0.1) is 23.2 Å². The van der Waals surface area contributed by atoms with Crippen LogP contribution >= 0.6 is 0 Å². The molecule has 3 fully saturated rings. The third kappa shape index (κ3) is 2.61. The maximum absolute atomic E-state index is 12.5. The van der Waals surface area contributed by atoms with Gasteiger partial charge in [-0.05, 0) is 55.8 Å². The number of β-amino-alcohol motifs (C(OH)–C–C–N with tert-alkyl or cyclic N) is 1. The minimum Gasteiger partial charge on any atom is -0.386 e. The van der Waals surface area contributed by atoms with E-state index in [9.17, 15) is 9.90 Å². The van der Waals surface area contributed by atoms with Gasteiger partial charge in [0.2, 0.25) is 5.91 Å². The summed E-state index contributed by atoms with van der Waals surface area (Å²) in [5, 5.41) is 10.3. The Bertz CT molecular complexity index is 380. The zero-order chi connectivity index (χ0) is 14.5. The Morgan fingerprint density at radius 1 is 1.05 bits per heavy atom. The number of rotatable bonds is 2. The van der Waals surface area contributed by atoms with Gasteiger partial charge < -0.3 is 10.0 Å². The van der Waals surface area contributed by atoms with Gasteiger partial charge in [0.15, 0.2) is 0 Å². The van der Waals surface area contributed by atoms with Crippen LogP contribution in [0.4, 0.5) is 0 Å². The number of hydrogen-bond donors (Lipinski definition) is 1. The number of aliphatic hydroxyl groups is 1. The SMILES string of the molecule is CC(C)(C)C1CCC(C(=O)N2CC(O)(C3CC3)C2)CC1. The largest absolute Gasteiger partial charge is 0.386 e. The molecule has 0 atom stereocenters. The first-order valence-electron chi connectivity index (χ1n) is 8.31. The first-order chi connectivity index (χ1) is 9.29. The maximum Gasteiger partial charge on any atom is 0.225 e. The number of carbonyl (C=O) groups is 1. The van der Waals surface area contributed by atoms with E-state index < -0.39 is 5.60 Å². The molecule has 20 heavy (non-hydrogen) atoms. The summed E-state index contributed by atoms with van der Waals surface area (Å²) in [6.45, 7) is 8.12. The molecule has 3 rings (SSSR count). The predicted octanol–water partition coefficient (Wildman–Crippen LogP) is 2.82. The van der Waals surface area contributed by atoms with Gasteiger partial charge in [0, 0.05) is 5.92 Å². The van der Waals surface area contributed by atoms with Crippen molar-refractivity contribution >= 4 is 5.91 Å². The fraction of sp³-hybridized carbons (Fsp3) is 0.941. The highest BCUT2D eigenvalue weighted by atomic mass is 16.3. The summed E-state index contributed by atoms with van der Waals surface area (Å²) in [7, 11) is 0. The van der Waals surface area contributed by atoms with Crippen LogP contribution in [-0.2, 0) is 4.79 Å². The molecule has 0 aromatic rings. The molecule has 0 bridgehead atoms. The lowest BCUT2D eigenvalue weighted by atomic mass is 9.69. The Hall–Kier alpha value is -0.570. The van der Waals surface area contributed by atoms with Crippen LogP contribution in [0.2, 0.25) is 0 Å². The van der Waals surface area contributed by atoms with E-state index in [0.29, 0.717) is 30.3 Å². The summed E-state index contributed by atoms with van der Waals surface area (Å²) in [6.07, 6.45) is 6.74. The second-order valence-electron chi connectivity index (χ2n) is 8.49. The molecule has 0 unspecified atom stereocenters. The monoisotopic (exact) mass is 279 g/mol. The number of likely N-dealkylation sites (tertiary alicyclic amines) is 1. The molecule has 2 saturated carbocycles. The Morgan fingerprint density at radius 3 is 2.05 bits per heavy atom. The summed E-state index contributed by atoms with van der Waals surface area (Å²) in [5.74, 6) is 1.76. The summed E-state index contributed by atoms with van der Waals surface area (Å²) >= 11 is 0. The molecule has 3 aliphatic rings. The molecule has 1 heterocycles. The van der Waals surface area contributed by atoms with Gasteiger partial charge in [-0.25, -0.2) is 0 Å². The minimum absolute atomic E-state index is 0.220. The van der Waals surface area contributed by atoms with E-state index in [1.165, 1.54) is 12.8 Å². The molecule has 0 spiro atoms. The van der Waals surface area contributed by atoms with Crippen LogP contribution in [0.5, 0.6) is 0 Å². The number of amides is 1. The van der Waals surface area contributed by atoms with E-state index in [1.54, 1.807) is 0 Å². The Labute approximate surface area is 122 Å². The molecule has 0 radical (unpaired) electrons. The van der Waals surface area contributed by atoms with Crippen molar-refractivity contribution in [2.75, 3.05) is 13.1 Å². The van der Waals surface area contributed by atoms with Gasteiger partial charge in [-0.1, -0.05) is 20.8 Å². The van der Waals surface area contributed by atoms with E-state index in [4.69, 9.17) is 0 Å². The molecule has 2 aliphatic carbocycles. The van der Waals surface area contributed by atoms with Crippen molar-refractivity contribution in [1.82, 2.24) is 4.90 Å². The number of hydrogen-bond acceptors (Lipinski definition) is 2. The van der Waals surface area contributed by atoms with Crippen molar-refractivity contribution in [3.05, 3.63) is 0 Å². The quantitative estimate of drug-likeness (QED) is 0.844. The van der Waals surface area contributed by atoms with Crippen LogP contribution < -0.4 is 0 Å². The van der Waals surface area contributed by atoms with Crippen molar-refractivity contribution in [3.8, 4) is 0 Å². The van der Waals surface area contributed by atoms with Crippen molar-refractivity contribution in [2.45, 2.75) is 64.9 Å². The highest BCUT2D eigenvalue weighted by Gasteiger charge is 2.54. The smallest absolute Gasteiger partial charge is 0.225 e. The van der Waals surface area contributed by atoms with Gasteiger partial charge in [0.05, 0.1) is 13.1 Å². The summed E-state index contributed by atoms with van der Waals surface area (Å²) in [4.78, 5) is 14.4. The number of nitrogens with zero attached hydrogens (tertiary/aromatic N) is 1. The van der Waals surface area contributed by atoms with Crippen LogP contribution in [0.25, 0.3) is 0 Å². The normalized spacial score (nSPS) is 33.7. The molecule has 3 heteroatoms. The Morgan fingerprint density at radius 2 is 1.60 bits per heavy atom. The average molecular weight is 279 g/mol. The molecule has 3 nitrogen and oxygen atoms in total. The van der Waals surface area contributed by atoms with E-state index in [0.717, 1.165) is 31.6 Å². The van der Waals surface area contributed by atoms with Crippen molar-refractivity contribution < 1.29 is 9.90 Å². The van der Waals surface area contributed by atoms with Crippen LogP contribution in [-0.4, -0.2) is 34.6 Å². The van der Waals surface area contributed by atoms with Gasteiger partial charge in [-0.3, -0.25) is 4.79 Å². The van der Waals surface area contributed by atoms with Gasteiger partial charge in [-0.2, -0.15) is 0 Å². The minimum atomic E-state index is -0.529. The van der Waals surface area contributed by atoms with Crippen LogP contribution in [0.1, 0.15) is 59.3 Å². The Kier molecular flexibility index (Phi) is 3.39. The Balaban J connectivity index is 1.48. The topological polar surface area (TPSA) is 40.5 Å². The summed E-state index contributed by atoms with van der Waals surface area (Å²) in [6, 6.07) is 0. The van der Waals surface area contributed by atoms with Gasteiger partial charge in [0.1, 0.15) is 5.60 Å². The zero-order valence-electron chi connectivity index (χ0n) is 13.2. The molecule has 1 aliphatic heterocycles. The molecular formula is C17H29NO2. The van der Waals surface area contributed by atoms with E-state index in [2.05, 4.69) is 20.8 Å². The third-order valence-corrected chi connectivity index (χ3v) is 5.88. The predicted molar refractivity (Wildman–Crippen MR) is 79.2 cm³/mol. The molecule has 114 valence electrons. The molecular weight excluding hydrogens is 250 g/mol. The van der Waals surface area contributed by atoms with Gasteiger partial charge in [0.25, 0.3) is 0 Å². The van der Waals surface area contributed by atoms with Crippen molar-refractivity contribution in [3.63, 3.8) is 0 Å². The summed E-state index contributed by atoms with van der Waals surface area (Å²) < 4.78 is 0. The van der Waals surface area contributed by atoms with Gasteiger partial charge in [-0.15, -0.1) is 0 Å². The first-order valence-corrected chi connectivity index (χ1v) is 8.31. The van der Waals surface area contributed by atoms with E-state index >= 15 is 0 Å². The lowest BCUT2D eigenvalue weighted by Gasteiger charge is -2.49. The van der Waals surface area contributed by atoms with E-state index in [-0.39, 0.29) is 5.92 Å². The van der Waals surface area contributed by atoms with E-state index in [1.807, 2.05) is 4.90 Å². The average Bonchev–Trinajstić information content (AvgIpc) is 3.18. The second-order valence-corrected chi connectivity index (χ2v) is 8.49. The van der Waals surface area contributed by atoms with Crippen molar-refractivity contribution in [1.29, 1.82) is 0 Å². The lowest BCUT2D eigenvalue weighted by molar-refractivity contribution is -0.164. The van der Waals surface area contributed by atoms with Crippen LogP contribution in [0.3, 0.4) is 0 Å². The van der Waals surface area contributed by atoms with Crippen molar-refractivity contribution in [2.24, 2.45) is 23.2 Å². The first kappa shape index (κ1) is 14.4. The standard InChI is InChI=1S/C17H29NO2/c1-16(2,3)13-6-4-12(5-7-13)15(19)18-10-17(20,11-18)14-8-9-14/h12-14,20H,4-11H2,1-3H3. The molecule has 1 amide bonds. The fourth-order valence-corrected chi connectivity index (χ4v) is 4.11. The molecule has 0 aromatic heterocycles. The molecule has 1 N–H and O–H groups in total. The summed E-state index contributed by atoms with van der Waals surface area (Å²) in [5.41, 5.74) is -0.157. The second kappa shape index (κ2) is 4.72. The maximum atomic E-state index is 12.5. The highest BCUT2D eigenvalue weighted by Crippen LogP contribution is 2.46. The zero-order valence-corrected chi connectivity index (χ0v) is 13.2. The molecule has 0 aromatic carbocycles. The van der Waals surface area contributed by atoms with Crippen LogP contribution in [0.15, 0.2) is 0 Å². The molecule has 1 saturated heterocycles. The number of carbonyl (C=O) groups excluding carboxylic acids is 1. The lowest BCUT2D eigenvalue weighted by Crippen LogP contribution is -2.65. The highest BCUT2D eigenvalue weighted by molar-refractivity contribution is 5.80.